The zero-order chi connectivity index (χ0) is 23.9. The number of alkyl halides is 1. The maximum absolute atomic E-state index is 14.6. The van der Waals surface area contributed by atoms with Crippen molar-refractivity contribution in [2.75, 3.05) is 19.5 Å². The number of halogens is 1. The topological polar surface area (TPSA) is 128 Å². The average Bonchev–Trinajstić information content (AvgIpc) is 3.15. The number of alkyl carbamates (subject to hydrolysis) is 1. The Morgan fingerprint density at radius 2 is 2.12 bits per heavy atom. The van der Waals surface area contributed by atoms with Crippen LogP contribution >= 0.6 is 0 Å². The first kappa shape index (κ1) is 22.4. The largest absolute Gasteiger partial charge is 0.481 e. The van der Waals surface area contributed by atoms with Crippen LogP contribution in [0.4, 0.5) is 21.0 Å². The molecule has 0 aromatic carbocycles. The van der Waals surface area contributed by atoms with Gasteiger partial charge < -0.3 is 24.8 Å². The Bertz CT molecular complexity index is 1190. The SMILES string of the molecule is COCc1cn2c(Nc3cc([C@H]4C[C@@H](F)[C@@H](OC(=O)NC5(C)CC5)C4)[nH]n3)nc(OC)cc2n1. The fourth-order valence-electron chi connectivity index (χ4n) is 4.20. The molecular formula is C22H28FN7O4. The van der Waals surface area contributed by atoms with E-state index in [2.05, 4.69) is 30.8 Å². The van der Waals surface area contributed by atoms with Gasteiger partial charge in [0.25, 0.3) is 0 Å². The lowest BCUT2D eigenvalue weighted by atomic mass is 10.0. The Balaban J connectivity index is 1.28. The molecule has 0 bridgehead atoms. The molecule has 2 fully saturated rings. The molecule has 3 atom stereocenters. The van der Waals surface area contributed by atoms with Gasteiger partial charge in [0.1, 0.15) is 17.9 Å². The lowest BCUT2D eigenvalue weighted by molar-refractivity contribution is 0.0583. The molecule has 1 amide bonds. The minimum atomic E-state index is -1.23. The number of aromatic amines is 1. The lowest BCUT2D eigenvalue weighted by Crippen LogP contribution is -2.38. The summed E-state index contributed by atoms with van der Waals surface area (Å²) in [6, 6.07) is 3.53. The number of rotatable bonds is 8. The van der Waals surface area contributed by atoms with Crippen molar-refractivity contribution in [1.82, 2.24) is 29.9 Å². The molecule has 3 heterocycles. The highest BCUT2D eigenvalue weighted by Crippen LogP contribution is 2.39. The van der Waals surface area contributed by atoms with Crippen molar-refractivity contribution < 1.29 is 23.4 Å². The molecule has 182 valence electrons. The van der Waals surface area contributed by atoms with Gasteiger partial charge >= 0.3 is 6.09 Å². The van der Waals surface area contributed by atoms with Crippen molar-refractivity contribution in [3.63, 3.8) is 0 Å². The van der Waals surface area contributed by atoms with Crippen LogP contribution in [0.2, 0.25) is 0 Å². The highest BCUT2D eigenvalue weighted by Gasteiger charge is 2.42. The molecule has 11 nitrogen and oxygen atoms in total. The number of H-pyrrole nitrogens is 1. The van der Waals surface area contributed by atoms with Crippen molar-refractivity contribution >= 4 is 23.5 Å². The number of anilines is 2. The molecular weight excluding hydrogens is 445 g/mol. The van der Waals surface area contributed by atoms with Crippen molar-refractivity contribution in [1.29, 1.82) is 0 Å². The molecule has 34 heavy (non-hydrogen) atoms. The molecule has 0 unspecified atom stereocenters. The van der Waals surface area contributed by atoms with Gasteiger partial charge in [0.15, 0.2) is 5.82 Å². The smallest absolute Gasteiger partial charge is 0.407 e. The van der Waals surface area contributed by atoms with Crippen LogP contribution in [0.5, 0.6) is 5.88 Å². The summed E-state index contributed by atoms with van der Waals surface area (Å²) in [5, 5.41) is 13.3. The molecule has 5 rings (SSSR count). The number of methoxy groups -OCH3 is 2. The third kappa shape index (κ3) is 4.63. The van der Waals surface area contributed by atoms with Crippen LogP contribution < -0.4 is 15.4 Å². The predicted molar refractivity (Wildman–Crippen MR) is 120 cm³/mol. The first-order chi connectivity index (χ1) is 16.4. The molecule has 2 saturated carbocycles. The number of hydrogen-bond donors (Lipinski definition) is 3. The average molecular weight is 474 g/mol. The van der Waals surface area contributed by atoms with E-state index in [1.165, 1.54) is 7.11 Å². The zero-order valence-corrected chi connectivity index (χ0v) is 19.3. The van der Waals surface area contributed by atoms with Crippen LogP contribution in [-0.4, -0.2) is 62.7 Å². The first-order valence-electron chi connectivity index (χ1n) is 11.2. The van der Waals surface area contributed by atoms with E-state index in [-0.39, 0.29) is 17.9 Å². The normalized spacial score (nSPS) is 23.1. The van der Waals surface area contributed by atoms with E-state index in [0.29, 0.717) is 36.3 Å². The predicted octanol–water partition coefficient (Wildman–Crippen LogP) is 3.21. The van der Waals surface area contributed by atoms with Crippen LogP contribution in [-0.2, 0) is 16.1 Å². The fraction of sp³-hybridized carbons (Fsp3) is 0.545. The number of amides is 1. The van der Waals surface area contributed by atoms with E-state index in [4.69, 9.17) is 14.2 Å². The highest BCUT2D eigenvalue weighted by molar-refractivity contribution is 5.69. The summed E-state index contributed by atoms with van der Waals surface area (Å²) in [5.41, 5.74) is 1.94. The first-order valence-corrected chi connectivity index (χ1v) is 11.2. The number of ether oxygens (including phenoxy) is 3. The van der Waals surface area contributed by atoms with Gasteiger partial charge in [-0.3, -0.25) is 9.50 Å². The summed E-state index contributed by atoms with van der Waals surface area (Å²) >= 11 is 0. The minimum Gasteiger partial charge on any atom is -0.481 e. The van der Waals surface area contributed by atoms with Crippen LogP contribution in [0.1, 0.15) is 49.9 Å². The number of nitrogens with zero attached hydrogens (tertiary/aromatic N) is 4. The second kappa shape index (κ2) is 8.75. The summed E-state index contributed by atoms with van der Waals surface area (Å²) in [5.74, 6) is 1.23. The van der Waals surface area contributed by atoms with E-state index in [0.717, 1.165) is 24.2 Å². The molecule has 0 spiro atoms. The Morgan fingerprint density at radius 3 is 2.85 bits per heavy atom. The molecule has 2 aliphatic rings. The van der Waals surface area contributed by atoms with E-state index < -0.39 is 18.4 Å². The van der Waals surface area contributed by atoms with Gasteiger partial charge in [0.05, 0.1) is 19.4 Å². The standard InChI is InChI=1S/C22H28FN7O4/c1-22(4-5-22)27-21(31)34-16-7-12(6-14(16)23)15-8-17(29-28-15)25-20-26-19(33-3)9-18-24-13(11-32-2)10-30(18)20/h8-10,12,14,16H,4-7,11H2,1-3H3,(H,27,31)(H2,25,26,28,29)/t12-,14+,16-/m0/s1. The Labute approximate surface area is 195 Å². The summed E-state index contributed by atoms with van der Waals surface area (Å²) in [6.45, 7) is 2.31. The number of fused-ring (bicyclic) bond motifs is 1. The highest BCUT2D eigenvalue weighted by atomic mass is 19.1. The fourth-order valence-corrected chi connectivity index (χ4v) is 4.20. The number of carbonyl (C=O) groups excluding carboxylic acids is 1. The van der Waals surface area contributed by atoms with E-state index in [1.54, 1.807) is 17.6 Å². The van der Waals surface area contributed by atoms with Gasteiger partial charge in [0.2, 0.25) is 11.8 Å². The second-order valence-electron chi connectivity index (χ2n) is 9.16. The molecule has 12 heteroatoms. The van der Waals surface area contributed by atoms with Gasteiger partial charge in [-0.15, -0.1) is 0 Å². The Morgan fingerprint density at radius 1 is 1.29 bits per heavy atom. The maximum atomic E-state index is 14.6. The number of hydrogen-bond acceptors (Lipinski definition) is 8. The van der Waals surface area contributed by atoms with Gasteiger partial charge in [-0.2, -0.15) is 10.1 Å². The van der Waals surface area contributed by atoms with Gasteiger partial charge in [-0.25, -0.2) is 14.2 Å². The van der Waals surface area contributed by atoms with Crippen LogP contribution in [0.3, 0.4) is 0 Å². The van der Waals surface area contributed by atoms with Crippen molar-refractivity contribution in [2.45, 2.75) is 62.9 Å². The van der Waals surface area contributed by atoms with E-state index in [1.807, 2.05) is 19.2 Å². The van der Waals surface area contributed by atoms with Crippen LogP contribution in [0.25, 0.3) is 5.65 Å². The third-order valence-electron chi connectivity index (χ3n) is 6.35. The van der Waals surface area contributed by atoms with E-state index in [9.17, 15) is 9.18 Å². The minimum absolute atomic E-state index is 0.146. The zero-order valence-electron chi connectivity index (χ0n) is 19.3. The number of imidazole rings is 1. The maximum Gasteiger partial charge on any atom is 0.407 e. The number of carbonyl (C=O) groups is 1. The Kier molecular flexibility index (Phi) is 5.76. The molecule has 0 aliphatic heterocycles. The monoisotopic (exact) mass is 473 g/mol. The third-order valence-corrected chi connectivity index (χ3v) is 6.35. The quantitative estimate of drug-likeness (QED) is 0.455. The summed E-state index contributed by atoms with van der Waals surface area (Å²) in [7, 11) is 3.14. The summed E-state index contributed by atoms with van der Waals surface area (Å²) in [6.07, 6.45) is 1.72. The lowest BCUT2D eigenvalue weighted by Gasteiger charge is -2.17. The molecule has 2 aliphatic carbocycles. The van der Waals surface area contributed by atoms with Crippen LogP contribution in [0, 0.1) is 0 Å². The molecule has 3 aromatic heterocycles. The van der Waals surface area contributed by atoms with Crippen molar-refractivity contribution in [2.24, 2.45) is 0 Å². The number of nitrogens with one attached hydrogen (secondary N) is 3. The molecule has 0 saturated heterocycles. The van der Waals surface area contributed by atoms with Gasteiger partial charge in [0, 0.05) is 42.6 Å². The van der Waals surface area contributed by atoms with Crippen LogP contribution in [0.15, 0.2) is 18.3 Å². The molecule has 0 radical (unpaired) electrons. The molecule has 3 aromatic rings. The van der Waals surface area contributed by atoms with Crippen molar-refractivity contribution in [3.8, 4) is 5.88 Å². The van der Waals surface area contributed by atoms with Gasteiger partial charge in [-0.05, 0) is 32.6 Å². The Hall–Kier alpha value is -3.41. The number of aromatic nitrogens is 5. The summed E-state index contributed by atoms with van der Waals surface area (Å²) < 4.78 is 32.2. The van der Waals surface area contributed by atoms with Crippen molar-refractivity contribution in [3.05, 3.63) is 29.7 Å². The molecule has 3 N–H and O–H groups in total. The van der Waals surface area contributed by atoms with Gasteiger partial charge in [-0.1, -0.05) is 0 Å². The summed E-state index contributed by atoms with van der Waals surface area (Å²) in [4.78, 5) is 21.1. The second-order valence-corrected chi connectivity index (χ2v) is 9.16. The van der Waals surface area contributed by atoms with E-state index >= 15 is 0 Å².